The number of nitrogens with zero attached hydrogens (tertiary/aromatic N) is 2. The number of nitrogens with one attached hydrogen (secondary N) is 1. The minimum atomic E-state index is -0.244. The molecule has 0 aromatic carbocycles. The van der Waals surface area contributed by atoms with Crippen molar-refractivity contribution in [2.45, 2.75) is 32.9 Å². The highest BCUT2D eigenvalue weighted by Gasteiger charge is 2.12. The molecule has 19 heavy (non-hydrogen) atoms. The number of anilines is 1. The molecule has 1 unspecified atom stereocenters. The van der Waals surface area contributed by atoms with Crippen LogP contribution in [0.5, 0.6) is 0 Å². The van der Waals surface area contributed by atoms with Crippen molar-refractivity contribution in [3.63, 3.8) is 0 Å². The van der Waals surface area contributed by atoms with Gasteiger partial charge in [0.2, 0.25) is 0 Å². The standard InChI is InChI=1S/C13H16ClN3OS/c1-3-6-17-13(18)12(14)10(8-15-17)16-9(2)11-5-4-7-19-11/h4-5,7-9,16H,3,6H2,1-2H3. The van der Waals surface area contributed by atoms with E-state index in [9.17, 15) is 4.79 Å². The molecule has 1 atom stereocenters. The van der Waals surface area contributed by atoms with E-state index in [0.717, 1.165) is 6.42 Å². The average Bonchev–Trinajstić information content (AvgIpc) is 2.92. The predicted octanol–water partition coefficient (Wildman–Crippen LogP) is 3.54. The van der Waals surface area contributed by atoms with Crippen LogP contribution in [0.3, 0.4) is 0 Å². The van der Waals surface area contributed by atoms with Gasteiger partial charge in [-0.2, -0.15) is 5.10 Å². The van der Waals surface area contributed by atoms with Gasteiger partial charge in [-0.05, 0) is 24.8 Å². The molecule has 6 heteroatoms. The quantitative estimate of drug-likeness (QED) is 0.918. The first-order valence-corrected chi connectivity index (χ1v) is 7.44. The van der Waals surface area contributed by atoms with E-state index >= 15 is 0 Å². The average molecular weight is 298 g/mol. The third-order valence-corrected chi connectivity index (χ3v) is 4.18. The lowest BCUT2D eigenvalue weighted by molar-refractivity contribution is 0.568. The smallest absolute Gasteiger partial charge is 0.287 e. The second-order valence-electron chi connectivity index (χ2n) is 4.28. The Morgan fingerprint density at radius 2 is 2.37 bits per heavy atom. The lowest BCUT2D eigenvalue weighted by Crippen LogP contribution is -2.24. The second-order valence-corrected chi connectivity index (χ2v) is 5.64. The normalized spacial score (nSPS) is 12.4. The van der Waals surface area contributed by atoms with E-state index in [0.29, 0.717) is 12.2 Å². The van der Waals surface area contributed by atoms with Gasteiger partial charge in [-0.3, -0.25) is 4.79 Å². The Hall–Kier alpha value is -1.33. The zero-order chi connectivity index (χ0) is 13.8. The first-order valence-electron chi connectivity index (χ1n) is 6.19. The number of hydrogen-bond donors (Lipinski definition) is 1. The lowest BCUT2D eigenvalue weighted by atomic mass is 10.2. The minimum Gasteiger partial charge on any atom is -0.375 e. The van der Waals surface area contributed by atoms with E-state index < -0.39 is 0 Å². The Morgan fingerprint density at radius 1 is 1.58 bits per heavy atom. The lowest BCUT2D eigenvalue weighted by Gasteiger charge is -2.15. The zero-order valence-corrected chi connectivity index (χ0v) is 12.5. The van der Waals surface area contributed by atoms with Crippen molar-refractivity contribution in [1.82, 2.24) is 9.78 Å². The van der Waals surface area contributed by atoms with Crippen molar-refractivity contribution < 1.29 is 0 Å². The molecule has 0 aliphatic carbocycles. The molecule has 4 nitrogen and oxygen atoms in total. The summed E-state index contributed by atoms with van der Waals surface area (Å²) in [5, 5.41) is 9.57. The first-order chi connectivity index (χ1) is 9.13. The third kappa shape index (κ3) is 3.16. The molecular formula is C13H16ClN3OS. The fraction of sp³-hybridized carbons (Fsp3) is 0.385. The number of thiophene rings is 1. The maximum Gasteiger partial charge on any atom is 0.287 e. The van der Waals surface area contributed by atoms with Gasteiger partial charge in [0.05, 0.1) is 17.9 Å². The van der Waals surface area contributed by atoms with Crippen LogP contribution in [-0.4, -0.2) is 9.78 Å². The van der Waals surface area contributed by atoms with E-state index in [1.165, 1.54) is 9.56 Å². The van der Waals surface area contributed by atoms with Gasteiger partial charge in [0.1, 0.15) is 5.02 Å². The largest absolute Gasteiger partial charge is 0.375 e. The van der Waals surface area contributed by atoms with Crippen LogP contribution in [-0.2, 0) is 6.54 Å². The molecule has 0 amide bonds. The SMILES string of the molecule is CCCn1ncc(NC(C)c2cccs2)c(Cl)c1=O. The van der Waals surface area contributed by atoms with Gasteiger partial charge in [-0.1, -0.05) is 24.6 Å². The number of rotatable bonds is 5. The van der Waals surface area contributed by atoms with Gasteiger partial charge in [0, 0.05) is 11.4 Å². The van der Waals surface area contributed by atoms with Crippen LogP contribution in [0, 0.1) is 0 Å². The summed E-state index contributed by atoms with van der Waals surface area (Å²) in [5.74, 6) is 0. The Morgan fingerprint density at radius 3 is 3.00 bits per heavy atom. The Balaban J connectivity index is 2.22. The van der Waals surface area contributed by atoms with Gasteiger partial charge < -0.3 is 5.32 Å². The van der Waals surface area contributed by atoms with Crippen LogP contribution < -0.4 is 10.9 Å². The summed E-state index contributed by atoms with van der Waals surface area (Å²) < 4.78 is 1.39. The number of halogens is 1. The number of hydrogen-bond acceptors (Lipinski definition) is 4. The fourth-order valence-electron chi connectivity index (χ4n) is 1.78. The van der Waals surface area contributed by atoms with Crippen molar-refractivity contribution in [2.24, 2.45) is 0 Å². The highest BCUT2D eigenvalue weighted by Crippen LogP contribution is 2.25. The molecule has 0 saturated carbocycles. The van der Waals surface area contributed by atoms with Crippen LogP contribution in [0.2, 0.25) is 5.02 Å². The Bertz CT molecular complexity index is 594. The van der Waals surface area contributed by atoms with Crippen molar-refractivity contribution in [3.8, 4) is 0 Å². The third-order valence-electron chi connectivity index (χ3n) is 2.76. The molecule has 2 aromatic rings. The summed E-state index contributed by atoms with van der Waals surface area (Å²) >= 11 is 7.77. The van der Waals surface area contributed by atoms with E-state index in [1.807, 2.05) is 31.4 Å². The van der Waals surface area contributed by atoms with Gasteiger partial charge in [0.25, 0.3) is 5.56 Å². The molecule has 0 aliphatic rings. The summed E-state index contributed by atoms with van der Waals surface area (Å²) in [7, 11) is 0. The molecule has 0 bridgehead atoms. The summed E-state index contributed by atoms with van der Waals surface area (Å²) in [6, 6.07) is 4.14. The van der Waals surface area contributed by atoms with Crippen molar-refractivity contribution >= 4 is 28.6 Å². The highest BCUT2D eigenvalue weighted by molar-refractivity contribution is 7.10. The van der Waals surface area contributed by atoms with E-state index in [4.69, 9.17) is 11.6 Å². The maximum absolute atomic E-state index is 12.0. The Labute approximate surface area is 121 Å². The molecular weight excluding hydrogens is 282 g/mol. The molecule has 1 N–H and O–H groups in total. The molecule has 2 heterocycles. The molecule has 0 fully saturated rings. The topological polar surface area (TPSA) is 46.9 Å². The van der Waals surface area contributed by atoms with Crippen molar-refractivity contribution in [1.29, 1.82) is 0 Å². The molecule has 0 saturated heterocycles. The number of aromatic nitrogens is 2. The highest BCUT2D eigenvalue weighted by atomic mass is 35.5. The fourth-order valence-corrected chi connectivity index (χ4v) is 2.71. The van der Waals surface area contributed by atoms with Gasteiger partial charge in [-0.25, -0.2) is 4.68 Å². The predicted molar refractivity (Wildman–Crippen MR) is 80.2 cm³/mol. The first kappa shape index (κ1) is 14.1. The van der Waals surface area contributed by atoms with Crippen LogP contribution in [0.4, 0.5) is 5.69 Å². The van der Waals surface area contributed by atoms with Gasteiger partial charge in [-0.15, -0.1) is 11.3 Å². The molecule has 2 rings (SSSR count). The molecule has 2 aromatic heterocycles. The molecule has 0 aliphatic heterocycles. The zero-order valence-electron chi connectivity index (χ0n) is 10.9. The van der Waals surface area contributed by atoms with E-state index in [1.54, 1.807) is 17.5 Å². The summed E-state index contributed by atoms with van der Waals surface area (Å²) in [6.07, 6.45) is 2.46. The van der Waals surface area contributed by atoms with Crippen LogP contribution in [0.1, 0.15) is 31.2 Å². The molecule has 0 spiro atoms. The van der Waals surface area contributed by atoms with Crippen LogP contribution >= 0.6 is 22.9 Å². The van der Waals surface area contributed by atoms with Crippen molar-refractivity contribution in [3.05, 3.63) is 44.0 Å². The summed E-state index contributed by atoms with van der Waals surface area (Å²) in [5.41, 5.74) is 0.340. The van der Waals surface area contributed by atoms with Gasteiger partial charge >= 0.3 is 0 Å². The molecule has 102 valence electrons. The van der Waals surface area contributed by atoms with E-state index in [2.05, 4.69) is 10.4 Å². The minimum absolute atomic E-state index is 0.0979. The van der Waals surface area contributed by atoms with Crippen molar-refractivity contribution in [2.75, 3.05) is 5.32 Å². The Kier molecular flexibility index (Phi) is 4.61. The van der Waals surface area contributed by atoms with Gasteiger partial charge in [0.15, 0.2) is 0 Å². The van der Waals surface area contributed by atoms with Crippen LogP contribution in [0.25, 0.3) is 0 Å². The second kappa shape index (κ2) is 6.21. The summed E-state index contributed by atoms with van der Waals surface area (Å²) in [6.45, 7) is 4.60. The summed E-state index contributed by atoms with van der Waals surface area (Å²) in [4.78, 5) is 13.2. The number of aryl methyl sites for hydroxylation is 1. The molecule has 0 radical (unpaired) electrons. The van der Waals surface area contributed by atoms with E-state index in [-0.39, 0.29) is 16.6 Å². The van der Waals surface area contributed by atoms with Crippen LogP contribution in [0.15, 0.2) is 28.5 Å². The monoisotopic (exact) mass is 297 g/mol. The maximum atomic E-state index is 12.0.